The molecular weight excluding hydrogens is 210 g/mol. The van der Waals surface area contributed by atoms with Gasteiger partial charge in [-0.3, -0.25) is 0 Å². The molecule has 0 saturated carbocycles. The molecule has 0 heterocycles. The van der Waals surface area contributed by atoms with Crippen molar-refractivity contribution in [3.05, 3.63) is 66.7 Å². The average Bonchev–Trinajstić information content (AvgIpc) is 2.39. The Hall–Kier alpha value is -1.96. The molecule has 1 radical (unpaired) electrons. The fourth-order valence-electron chi connectivity index (χ4n) is 1.56. The van der Waals surface area contributed by atoms with E-state index in [1.54, 1.807) is 0 Å². The first-order valence-electron chi connectivity index (χ1n) is 5.76. The van der Waals surface area contributed by atoms with Gasteiger partial charge in [-0.1, -0.05) is 36.4 Å². The minimum Gasteiger partial charge on any atom is -0.494 e. The van der Waals surface area contributed by atoms with Gasteiger partial charge in [0.1, 0.15) is 5.75 Å². The van der Waals surface area contributed by atoms with Crippen molar-refractivity contribution >= 4 is 5.69 Å². The van der Waals surface area contributed by atoms with E-state index >= 15 is 0 Å². The first kappa shape index (κ1) is 11.5. The van der Waals surface area contributed by atoms with Crippen LogP contribution in [0.4, 0.5) is 5.69 Å². The van der Waals surface area contributed by atoms with Crippen LogP contribution in [0.2, 0.25) is 0 Å². The summed E-state index contributed by atoms with van der Waals surface area (Å²) in [6, 6.07) is 18.1. The molecule has 2 aromatic carbocycles. The summed E-state index contributed by atoms with van der Waals surface area (Å²) < 4.78 is 5.44. The van der Waals surface area contributed by atoms with Crippen LogP contribution in [0.3, 0.4) is 0 Å². The largest absolute Gasteiger partial charge is 0.494 e. The van der Waals surface area contributed by atoms with E-state index in [2.05, 4.69) is 17.4 Å². The zero-order valence-electron chi connectivity index (χ0n) is 9.89. The van der Waals surface area contributed by atoms with Crippen molar-refractivity contribution < 1.29 is 4.74 Å². The van der Waals surface area contributed by atoms with E-state index in [0.717, 1.165) is 17.0 Å². The van der Waals surface area contributed by atoms with E-state index < -0.39 is 0 Å². The molecule has 0 saturated heterocycles. The lowest BCUT2D eigenvalue weighted by atomic mass is 10.2. The molecule has 0 aromatic heterocycles. The second-order valence-electron chi connectivity index (χ2n) is 3.66. The Morgan fingerprint density at radius 3 is 2.65 bits per heavy atom. The lowest BCUT2D eigenvalue weighted by Crippen LogP contribution is -1.97. The highest BCUT2D eigenvalue weighted by atomic mass is 16.5. The number of hydrogen-bond donors (Lipinski definition) is 1. The summed E-state index contributed by atoms with van der Waals surface area (Å²) in [6.07, 6.45) is 0. The van der Waals surface area contributed by atoms with Gasteiger partial charge in [-0.15, -0.1) is 0 Å². The summed E-state index contributed by atoms with van der Waals surface area (Å²) in [6.45, 7) is 4.65. The predicted octanol–water partition coefficient (Wildman–Crippen LogP) is 3.71. The van der Waals surface area contributed by atoms with Crippen molar-refractivity contribution in [3.63, 3.8) is 0 Å². The Morgan fingerprint density at radius 1 is 1.06 bits per heavy atom. The SMILES string of the molecule is CCOc1cccc(N[CH]c2ccccc2)c1. The van der Waals surface area contributed by atoms with Crippen molar-refractivity contribution in [3.8, 4) is 5.75 Å². The zero-order chi connectivity index (χ0) is 11.9. The van der Waals surface area contributed by atoms with Crippen LogP contribution in [-0.4, -0.2) is 6.61 Å². The Balaban J connectivity index is 1.97. The first-order valence-corrected chi connectivity index (χ1v) is 5.76. The lowest BCUT2D eigenvalue weighted by Gasteiger charge is -2.08. The van der Waals surface area contributed by atoms with Gasteiger partial charge in [-0.2, -0.15) is 0 Å². The minimum absolute atomic E-state index is 0.686. The molecule has 17 heavy (non-hydrogen) atoms. The first-order chi connectivity index (χ1) is 8.38. The second kappa shape index (κ2) is 5.94. The van der Waals surface area contributed by atoms with Gasteiger partial charge in [0.15, 0.2) is 0 Å². The molecule has 0 amide bonds. The van der Waals surface area contributed by atoms with Crippen LogP contribution in [-0.2, 0) is 0 Å². The summed E-state index contributed by atoms with van der Waals surface area (Å²) in [5.41, 5.74) is 2.18. The van der Waals surface area contributed by atoms with E-state index in [9.17, 15) is 0 Å². The third kappa shape index (κ3) is 3.52. The van der Waals surface area contributed by atoms with E-state index in [0.29, 0.717) is 6.61 Å². The summed E-state index contributed by atoms with van der Waals surface area (Å²) in [4.78, 5) is 0. The van der Waals surface area contributed by atoms with Crippen LogP contribution in [0.5, 0.6) is 5.75 Å². The second-order valence-corrected chi connectivity index (χ2v) is 3.66. The van der Waals surface area contributed by atoms with Gasteiger partial charge in [-0.25, -0.2) is 0 Å². The van der Waals surface area contributed by atoms with E-state index in [1.807, 2.05) is 55.9 Å². The van der Waals surface area contributed by atoms with Crippen LogP contribution < -0.4 is 10.1 Å². The third-order valence-corrected chi connectivity index (χ3v) is 2.35. The minimum atomic E-state index is 0.686. The molecule has 1 N–H and O–H groups in total. The molecule has 0 unspecified atom stereocenters. The average molecular weight is 226 g/mol. The van der Waals surface area contributed by atoms with Gasteiger partial charge in [0.05, 0.1) is 13.2 Å². The smallest absolute Gasteiger partial charge is 0.121 e. The molecule has 0 aliphatic rings. The van der Waals surface area contributed by atoms with Crippen molar-refractivity contribution in [2.24, 2.45) is 0 Å². The number of rotatable bonds is 5. The number of ether oxygens (including phenoxy) is 1. The maximum atomic E-state index is 5.44. The molecular formula is C15H16NO. The fraction of sp³-hybridized carbons (Fsp3) is 0.133. The summed E-state index contributed by atoms with van der Waals surface area (Å²) >= 11 is 0. The maximum Gasteiger partial charge on any atom is 0.121 e. The monoisotopic (exact) mass is 226 g/mol. The van der Waals surface area contributed by atoms with E-state index in [1.165, 1.54) is 0 Å². The highest BCUT2D eigenvalue weighted by molar-refractivity contribution is 5.51. The highest BCUT2D eigenvalue weighted by Crippen LogP contribution is 2.18. The van der Waals surface area contributed by atoms with Crippen LogP contribution >= 0.6 is 0 Å². The molecule has 2 rings (SSSR count). The number of nitrogens with one attached hydrogen (secondary N) is 1. The summed E-state index contributed by atoms with van der Waals surface area (Å²) in [5, 5.41) is 3.25. The molecule has 87 valence electrons. The Labute approximate surface area is 102 Å². The van der Waals surface area contributed by atoms with Gasteiger partial charge in [0.25, 0.3) is 0 Å². The molecule has 0 aliphatic heterocycles. The van der Waals surface area contributed by atoms with Crippen LogP contribution in [0.25, 0.3) is 0 Å². The molecule has 0 spiro atoms. The standard InChI is InChI=1S/C15H16NO/c1-2-17-15-10-6-9-14(11-15)16-12-13-7-4-3-5-8-13/h3-12,16H,2H2,1H3. The molecule has 0 aliphatic carbocycles. The number of benzene rings is 2. The predicted molar refractivity (Wildman–Crippen MR) is 71.1 cm³/mol. The Bertz CT molecular complexity index is 453. The van der Waals surface area contributed by atoms with Crippen LogP contribution in [0.15, 0.2) is 54.6 Å². The van der Waals surface area contributed by atoms with E-state index in [4.69, 9.17) is 4.74 Å². The number of anilines is 1. The van der Waals surface area contributed by atoms with Gasteiger partial charge in [-0.05, 0) is 24.6 Å². The van der Waals surface area contributed by atoms with Crippen molar-refractivity contribution in [2.75, 3.05) is 11.9 Å². The van der Waals surface area contributed by atoms with Crippen molar-refractivity contribution in [1.29, 1.82) is 0 Å². The molecule has 0 atom stereocenters. The van der Waals surface area contributed by atoms with Crippen molar-refractivity contribution in [2.45, 2.75) is 6.92 Å². The fourth-order valence-corrected chi connectivity index (χ4v) is 1.56. The van der Waals surface area contributed by atoms with Crippen LogP contribution in [0.1, 0.15) is 12.5 Å². The van der Waals surface area contributed by atoms with Crippen LogP contribution in [0, 0.1) is 6.54 Å². The van der Waals surface area contributed by atoms with Gasteiger partial charge >= 0.3 is 0 Å². The quantitative estimate of drug-likeness (QED) is 0.839. The topological polar surface area (TPSA) is 21.3 Å². The lowest BCUT2D eigenvalue weighted by molar-refractivity contribution is 0.340. The van der Waals surface area contributed by atoms with Gasteiger partial charge in [0.2, 0.25) is 0 Å². The maximum absolute atomic E-state index is 5.44. The highest BCUT2D eigenvalue weighted by Gasteiger charge is 1.96. The van der Waals surface area contributed by atoms with Gasteiger partial charge in [0, 0.05) is 11.8 Å². The number of hydrogen-bond acceptors (Lipinski definition) is 2. The van der Waals surface area contributed by atoms with E-state index in [-0.39, 0.29) is 0 Å². The normalized spacial score (nSPS) is 9.94. The third-order valence-electron chi connectivity index (χ3n) is 2.35. The Morgan fingerprint density at radius 2 is 1.88 bits per heavy atom. The molecule has 2 nitrogen and oxygen atoms in total. The summed E-state index contributed by atoms with van der Waals surface area (Å²) in [5.74, 6) is 0.888. The van der Waals surface area contributed by atoms with Crippen molar-refractivity contribution in [1.82, 2.24) is 0 Å². The molecule has 2 aromatic rings. The molecule has 0 fully saturated rings. The summed E-state index contributed by atoms with van der Waals surface area (Å²) in [7, 11) is 0. The molecule has 2 heteroatoms. The zero-order valence-corrected chi connectivity index (χ0v) is 9.89. The van der Waals surface area contributed by atoms with Gasteiger partial charge < -0.3 is 10.1 Å². The Kier molecular flexibility index (Phi) is 4.03. The molecule has 0 bridgehead atoms.